The number of ketones is 2. The number of nitrogens with one attached hydrogen (secondary N) is 1. The Bertz CT molecular complexity index is 319. The number of hydrogen-bond donors (Lipinski definition) is 1. The molecule has 1 aliphatic heterocycles. The van der Waals surface area contributed by atoms with E-state index in [0.717, 1.165) is 25.9 Å². The van der Waals surface area contributed by atoms with Crippen LogP contribution in [0.1, 0.15) is 25.7 Å². The molecule has 0 unspecified atom stereocenters. The quantitative estimate of drug-likeness (QED) is 0.549. The molecule has 0 aromatic rings. The van der Waals surface area contributed by atoms with E-state index in [1.165, 1.54) is 0 Å². The molecule has 0 aromatic heterocycles. The summed E-state index contributed by atoms with van der Waals surface area (Å²) in [5.41, 5.74) is 0. The highest BCUT2D eigenvalue weighted by molar-refractivity contribution is 6.12. The fourth-order valence-corrected chi connectivity index (χ4v) is 1.99. The molecule has 1 aliphatic carbocycles. The number of carbonyl (C=O) groups is 3. The molecule has 94 valence electrons. The van der Waals surface area contributed by atoms with Gasteiger partial charge >= 0.3 is 6.16 Å². The number of Topliss-reactive ketones (excluding diaryl/α,β-unsaturated/α-hetero) is 2. The van der Waals surface area contributed by atoms with Crippen molar-refractivity contribution in [3.8, 4) is 0 Å². The van der Waals surface area contributed by atoms with E-state index in [4.69, 9.17) is 9.47 Å². The van der Waals surface area contributed by atoms with Gasteiger partial charge in [-0.2, -0.15) is 0 Å². The molecule has 1 heterocycles. The van der Waals surface area contributed by atoms with Crippen molar-refractivity contribution in [2.45, 2.75) is 37.9 Å². The first kappa shape index (κ1) is 12.0. The SMILES string of the molecule is O=C(OC1CCNCC1)OC1C(=O)CCC1=O. The van der Waals surface area contributed by atoms with Gasteiger partial charge in [-0.15, -0.1) is 0 Å². The van der Waals surface area contributed by atoms with Crippen molar-refractivity contribution in [3.63, 3.8) is 0 Å². The van der Waals surface area contributed by atoms with Crippen LogP contribution in [-0.2, 0) is 19.1 Å². The van der Waals surface area contributed by atoms with Crippen molar-refractivity contribution >= 4 is 17.7 Å². The third kappa shape index (κ3) is 3.03. The first-order valence-corrected chi connectivity index (χ1v) is 5.80. The number of hydrogen-bond acceptors (Lipinski definition) is 6. The molecule has 0 bridgehead atoms. The zero-order valence-electron chi connectivity index (χ0n) is 9.44. The highest BCUT2D eigenvalue weighted by Gasteiger charge is 2.37. The molecule has 0 aromatic carbocycles. The molecule has 6 heteroatoms. The maximum Gasteiger partial charge on any atom is 0.509 e. The van der Waals surface area contributed by atoms with Crippen molar-refractivity contribution in [2.75, 3.05) is 13.1 Å². The Morgan fingerprint density at radius 2 is 1.65 bits per heavy atom. The highest BCUT2D eigenvalue weighted by atomic mass is 16.7. The summed E-state index contributed by atoms with van der Waals surface area (Å²) in [7, 11) is 0. The number of rotatable bonds is 2. The molecule has 17 heavy (non-hydrogen) atoms. The fourth-order valence-electron chi connectivity index (χ4n) is 1.99. The Labute approximate surface area is 98.6 Å². The van der Waals surface area contributed by atoms with Gasteiger partial charge in [0.2, 0.25) is 6.10 Å². The lowest BCUT2D eigenvalue weighted by Gasteiger charge is -2.22. The minimum atomic E-state index is -1.23. The Balaban J connectivity index is 1.80. The van der Waals surface area contributed by atoms with E-state index in [0.29, 0.717) is 0 Å². The molecular formula is C11H15NO5. The van der Waals surface area contributed by atoms with Crippen molar-refractivity contribution < 1.29 is 23.9 Å². The second-order valence-electron chi connectivity index (χ2n) is 4.25. The van der Waals surface area contributed by atoms with Crippen molar-refractivity contribution in [1.82, 2.24) is 5.32 Å². The maximum absolute atomic E-state index is 11.4. The second kappa shape index (κ2) is 5.27. The van der Waals surface area contributed by atoms with E-state index in [2.05, 4.69) is 5.32 Å². The molecule has 2 aliphatic rings. The normalized spacial score (nSPS) is 22.8. The average molecular weight is 241 g/mol. The van der Waals surface area contributed by atoms with Gasteiger partial charge in [-0.25, -0.2) is 4.79 Å². The van der Waals surface area contributed by atoms with Gasteiger partial charge in [0.25, 0.3) is 0 Å². The Morgan fingerprint density at radius 1 is 1.06 bits per heavy atom. The Hall–Kier alpha value is -1.43. The Kier molecular flexibility index (Phi) is 3.73. The molecule has 0 amide bonds. The first-order valence-electron chi connectivity index (χ1n) is 5.80. The van der Waals surface area contributed by atoms with Gasteiger partial charge in [-0.1, -0.05) is 0 Å². The summed E-state index contributed by atoms with van der Waals surface area (Å²) in [5.74, 6) is -0.672. The molecule has 1 saturated carbocycles. The third-order valence-electron chi connectivity index (χ3n) is 2.97. The minimum absolute atomic E-state index is 0.157. The van der Waals surface area contributed by atoms with Gasteiger partial charge in [0.1, 0.15) is 6.10 Å². The molecule has 0 atom stereocenters. The maximum atomic E-state index is 11.4. The lowest BCUT2D eigenvalue weighted by atomic mass is 10.1. The lowest BCUT2D eigenvalue weighted by molar-refractivity contribution is -0.135. The first-order chi connectivity index (χ1) is 8.16. The van der Waals surface area contributed by atoms with Crippen LogP contribution in [0, 0.1) is 0 Å². The van der Waals surface area contributed by atoms with Gasteiger partial charge in [-0.05, 0) is 25.9 Å². The topological polar surface area (TPSA) is 81.7 Å². The standard InChI is InChI=1S/C11H15NO5/c13-8-1-2-9(14)10(8)17-11(15)16-7-3-5-12-6-4-7/h7,10,12H,1-6H2. The summed E-state index contributed by atoms with van der Waals surface area (Å²) < 4.78 is 9.80. The van der Waals surface area contributed by atoms with E-state index in [1.807, 2.05) is 0 Å². The van der Waals surface area contributed by atoms with E-state index in [-0.39, 0.29) is 30.5 Å². The van der Waals surface area contributed by atoms with Crippen molar-refractivity contribution in [2.24, 2.45) is 0 Å². The van der Waals surface area contributed by atoms with E-state index < -0.39 is 12.3 Å². The van der Waals surface area contributed by atoms with Crippen LogP contribution in [-0.4, -0.2) is 43.0 Å². The summed E-state index contributed by atoms with van der Waals surface area (Å²) in [5, 5.41) is 3.13. The van der Waals surface area contributed by atoms with Gasteiger partial charge in [0.15, 0.2) is 11.6 Å². The van der Waals surface area contributed by atoms with Crippen LogP contribution in [0.4, 0.5) is 4.79 Å². The zero-order chi connectivity index (χ0) is 12.3. The van der Waals surface area contributed by atoms with Crippen molar-refractivity contribution in [1.29, 1.82) is 0 Å². The summed E-state index contributed by atoms with van der Waals surface area (Å²) in [6.07, 6.45) is -0.567. The molecule has 1 saturated heterocycles. The summed E-state index contributed by atoms with van der Waals surface area (Å²) in [4.78, 5) is 33.9. The Morgan fingerprint density at radius 3 is 2.24 bits per heavy atom. The molecule has 0 radical (unpaired) electrons. The number of piperidine rings is 1. The summed E-state index contributed by atoms with van der Waals surface area (Å²) >= 11 is 0. The molecule has 2 rings (SSSR count). The van der Waals surface area contributed by atoms with Gasteiger partial charge in [0.05, 0.1) is 0 Å². The predicted octanol–water partition coefficient (Wildman–Crippen LogP) is 0.192. The summed E-state index contributed by atoms with van der Waals surface area (Å²) in [6, 6.07) is 0. The molecule has 6 nitrogen and oxygen atoms in total. The largest absolute Gasteiger partial charge is 0.509 e. The molecule has 0 spiro atoms. The minimum Gasteiger partial charge on any atom is -0.431 e. The lowest BCUT2D eigenvalue weighted by Crippen LogP contribution is -2.36. The monoisotopic (exact) mass is 241 g/mol. The predicted molar refractivity (Wildman–Crippen MR) is 56.5 cm³/mol. The van der Waals surface area contributed by atoms with Crippen molar-refractivity contribution in [3.05, 3.63) is 0 Å². The van der Waals surface area contributed by atoms with Crippen LogP contribution in [0.15, 0.2) is 0 Å². The van der Waals surface area contributed by atoms with Crippen LogP contribution < -0.4 is 5.32 Å². The van der Waals surface area contributed by atoms with E-state index in [9.17, 15) is 14.4 Å². The van der Waals surface area contributed by atoms with Gasteiger partial charge in [-0.3, -0.25) is 9.59 Å². The molecule has 1 N–H and O–H groups in total. The van der Waals surface area contributed by atoms with E-state index in [1.54, 1.807) is 0 Å². The molecular weight excluding hydrogens is 226 g/mol. The van der Waals surface area contributed by atoms with Crippen LogP contribution >= 0.6 is 0 Å². The third-order valence-corrected chi connectivity index (χ3v) is 2.97. The highest BCUT2D eigenvalue weighted by Crippen LogP contribution is 2.16. The van der Waals surface area contributed by atoms with Gasteiger partial charge < -0.3 is 14.8 Å². The average Bonchev–Trinajstić information content (AvgIpc) is 2.62. The van der Waals surface area contributed by atoms with E-state index >= 15 is 0 Å². The second-order valence-corrected chi connectivity index (χ2v) is 4.25. The zero-order valence-corrected chi connectivity index (χ0v) is 9.44. The smallest absolute Gasteiger partial charge is 0.431 e. The summed E-state index contributed by atoms with van der Waals surface area (Å²) in [6.45, 7) is 1.58. The van der Waals surface area contributed by atoms with Crippen LogP contribution in [0.25, 0.3) is 0 Å². The number of ether oxygens (including phenoxy) is 2. The fraction of sp³-hybridized carbons (Fsp3) is 0.727. The van der Waals surface area contributed by atoms with Crippen LogP contribution in [0.3, 0.4) is 0 Å². The molecule has 2 fully saturated rings. The number of carbonyl (C=O) groups excluding carboxylic acids is 3. The van der Waals surface area contributed by atoms with Crippen LogP contribution in [0.5, 0.6) is 0 Å². The van der Waals surface area contributed by atoms with Crippen LogP contribution in [0.2, 0.25) is 0 Å². The van der Waals surface area contributed by atoms with Gasteiger partial charge in [0, 0.05) is 12.8 Å².